The molecule has 0 saturated carbocycles. The number of hydrogen-bond acceptors (Lipinski definition) is 4. The van der Waals surface area contributed by atoms with Gasteiger partial charge in [-0.1, -0.05) is 43.3 Å². The number of amides is 3. The highest BCUT2D eigenvalue weighted by molar-refractivity contribution is 5.93. The van der Waals surface area contributed by atoms with E-state index < -0.39 is 17.5 Å². The Morgan fingerprint density at radius 3 is 2.51 bits per heavy atom. The molecule has 186 valence electrons. The minimum absolute atomic E-state index is 0.133. The van der Waals surface area contributed by atoms with Gasteiger partial charge in [0.15, 0.2) is 0 Å². The first-order valence-corrected chi connectivity index (χ1v) is 11.8. The molecule has 1 atom stereocenters. The topological polar surface area (TPSA) is 135 Å². The fourth-order valence-electron chi connectivity index (χ4n) is 4.02. The first-order valence-electron chi connectivity index (χ1n) is 11.8. The van der Waals surface area contributed by atoms with Crippen LogP contribution in [0, 0.1) is 0 Å². The molecular weight excluding hydrogens is 446 g/mol. The van der Waals surface area contributed by atoms with Gasteiger partial charge in [-0.05, 0) is 49.6 Å². The second-order valence-electron chi connectivity index (χ2n) is 8.69. The largest absolute Gasteiger partial charge is 0.465 e. The van der Waals surface area contributed by atoms with Crippen LogP contribution in [0.15, 0.2) is 54.7 Å². The highest BCUT2D eigenvalue weighted by atomic mass is 16.4. The van der Waals surface area contributed by atoms with Crippen LogP contribution < -0.4 is 21.3 Å². The predicted octanol–water partition coefficient (Wildman–Crippen LogP) is 3.03. The smallest absolute Gasteiger partial charge is 0.405 e. The highest BCUT2D eigenvalue weighted by Crippen LogP contribution is 2.23. The van der Waals surface area contributed by atoms with Crippen LogP contribution >= 0.6 is 0 Å². The number of carboxylic acid groups (broad SMARTS) is 1. The van der Waals surface area contributed by atoms with E-state index in [4.69, 9.17) is 0 Å². The van der Waals surface area contributed by atoms with E-state index in [-0.39, 0.29) is 25.4 Å². The third kappa shape index (κ3) is 7.07. The van der Waals surface area contributed by atoms with Gasteiger partial charge in [-0.2, -0.15) is 0 Å². The van der Waals surface area contributed by atoms with Gasteiger partial charge in [-0.3, -0.25) is 9.59 Å². The molecule has 1 heterocycles. The van der Waals surface area contributed by atoms with Crippen LogP contribution in [0.1, 0.15) is 31.4 Å². The number of fused-ring (bicyclic) bond motifs is 1. The first kappa shape index (κ1) is 25.8. The van der Waals surface area contributed by atoms with Crippen molar-refractivity contribution >= 4 is 34.5 Å². The van der Waals surface area contributed by atoms with E-state index in [0.717, 1.165) is 35.0 Å². The van der Waals surface area contributed by atoms with Crippen molar-refractivity contribution in [3.05, 3.63) is 65.9 Å². The molecule has 2 aromatic carbocycles. The van der Waals surface area contributed by atoms with Gasteiger partial charge in [0, 0.05) is 35.8 Å². The molecule has 0 saturated heterocycles. The van der Waals surface area contributed by atoms with Gasteiger partial charge in [-0.25, -0.2) is 4.79 Å². The number of carbonyl (C=O) groups excluding carboxylic acids is 2. The fourth-order valence-corrected chi connectivity index (χ4v) is 4.02. The van der Waals surface area contributed by atoms with Gasteiger partial charge in [0.2, 0.25) is 11.8 Å². The Balaban J connectivity index is 1.64. The predicted molar refractivity (Wildman–Crippen MR) is 137 cm³/mol. The third-order valence-corrected chi connectivity index (χ3v) is 5.79. The number of anilines is 1. The van der Waals surface area contributed by atoms with Gasteiger partial charge in [0.1, 0.15) is 5.54 Å². The minimum atomic E-state index is -1.37. The number of benzene rings is 2. The molecule has 0 aliphatic carbocycles. The van der Waals surface area contributed by atoms with E-state index in [0.29, 0.717) is 12.1 Å². The second-order valence-corrected chi connectivity index (χ2v) is 8.69. The lowest BCUT2D eigenvalue weighted by Crippen LogP contribution is -2.58. The normalized spacial score (nSPS) is 12.6. The van der Waals surface area contributed by atoms with E-state index in [2.05, 4.69) is 26.3 Å². The molecular formula is C26H33N5O4. The summed E-state index contributed by atoms with van der Waals surface area (Å²) in [6.45, 7) is 4.89. The third-order valence-electron chi connectivity index (χ3n) is 5.79. The zero-order chi connectivity index (χ0) is 25.3. The lowest BCUT2D eigenvalue weighted by atomic mass is 9.91. The van der Waals surface area contributed by atoms with Gasteiger partial charge in [-0.15, -0.1) is 0 Å². The van der Waals surface area contributed by atoms with Gasteiger partial charge >= 0.3 is 6.09 Å². The number of hydrogen-bond donors (Lipinski definition) is 6. The summed E-state index contributed by atoms with van der Waals surface area (Å²) in [7, 11) is 0. The zero-order valence-electron chi connectivity index (χ0n) is 20.1. The van der Waals surface area contributed by atoms with Crippen LogP contribution in [0.2, 0.25) is 0 Å². The van der Waals surface area contributed by atoms with Crippen molar-refractivity contribution in [2.45, 2.75) is 38.6 Å². The van der Waals surface area contributed by atoms with Crippen LogP contribution in [0.5, 0.6) is 0 Å². The molecule has 0 fully saturated rings. The van der Waals surface area contributed by atoms with Crippen molar-refractivity contribution in [3.8, 4) is 0 Å². The molecule has 0 radical (unpaired) electrons. The Labute approximate surface area is 204 Å². The van der Waals surface area contributed by atoms with Crippen LogP contribution in [-0.4, -0.2) is 53.2 Å². The van der Waals surface area contributed by atoms with Crippen molar-refractivity contribution in [3.63, 3.8) is 0 Å². The summed E-state index contributed by atoms with van der Waals surface area (Å²) in [5.41, 5.74) is 1.97. The number of carbonyl (C=O) groups is 3. The van der Waals surface area contributed by atoms with E-state index in [1.54, 1.807) is 13.1 Å². The van der Waals surface area contributed by atoms with E-state index in [9.17, 15) is 19.5 Å². The molecule has 3 amide bonds. The molecule has 6 N–H and O–H groups in total. The Morgan fingerprint density at radius 1 is 1.00 bits per heavy atom. The number of aromatic nitrogens is 1. The summed E-state index contributed by atoms with van der Waals surface area (Å²) in [5, 5.41) is 21.6. The number of H-pyrrole nitrogens is 1. The maximum absolute atomic E-state index is 13.1. The van der Waals surface area contributed by atoms with E-state index in [1.807, 2.05) is 55.5 Å². The van der Waals surface area contributed by atoms with Crippen molar-refractivity contribution < 1.29 is 19.5 Å². The van der Waals surface area contributed by atoms with Crippen LogP contribution in [0.25, 0.3) is 10.9 Å². The molecule has 9 heteroatoms. The number of nitrogens with one attached hydrogen (secondary N) is 5. The maximum atomic E-state index is 13.1. The Morgan fingerprint density at radius 2 is 1.74 bits per heavy atom. The van der Waals surface area contributed by atoms with Gasteiger partial charge in [0.05, 0.1) is 6.54 Å². The van der Waals surface area contributed by atoms with Crippen LogP contribution in [0.3, 0.4) is 0 Å². The minimum Gasteiger partial charge on any atom is -0.465 e. The molecule has 0 aliphatic heterocycles. The molecule has 0 aliphatic rings. The second kappa shape index (κ2) is 12.0. The zero-order valence-corrected chi connectivity index (χ0v) is 20.1. The number of aromatic amines is 1. The summed E-state index contributed by atoms with van der Waals surface area (Å²) < 4.78 is 0. The van der Waals surface area contributed by atoms with Crippen LogP contribution in [-0.2, 0) is 22.4 Å². The molecule has 0 bridgehead atoms. The summed E-state index contributed by atoms with van der Waals surface area (Å²) in [6.07, 6.45) is 2.13. The Bertz CT molecular complexity index is 1180. The summed E-state index contributed by atoms with van der Waals surface area (Å²) in [6, 6.07) is 15.1. The Hall–Kier alpha value is -3.85. The lowest BCUT2D eigenvalue weighted by Gasteiger charge is -2.28. The average molecular weight is 480 g/mol. The number of para-hydroxylation sites is 2. The molecule has 3 rings (SSSR count). The highest BCUT2D eigenvalue weighted by Gasteiger charge is 2.35. The standard InChI is InChI=1S/C26H33N5O4/c1-3-13-27-17-23(32)30-21-10-6-4-8-18(21)12-14-28-24(33)26(2,31-25(34)35)15-19-16-29-22-11-7-5-9-20(19)22/h4-11,16,27,29,31H,3,12-15,17H2,1-2H3,(H,28,33)(H,30,32)(H,34,35). The lowest BCUT2D eigenvalue weighted by molar-refractivity contribution is -0.126. The van der Waals surface area contributed by atoms with Crippen LogP contribution in [0.4, 0.5) is 10.5 Å². The van der Waals surface area contributed by atoms with Crippen molar-refractivity contribution in [1.29, 1.82) is 0 Å². The SMILES string of the molecule is CCCNCC(=O)Nc1ccccc1CCNC(=O)C(C)(Cc1c[nH]c2ccccc12)NC(=O)O. The first-order chi connectivity index (χ1) is 16.8. The van der Waals surface area contributed by atoms with Crippen molar-refractivity contribution in [2.75, 3.05) is 25.0 Å². The summed E-state index contributed by atoms with van der Waals surface area (Å²) in [4.78, 5) is 40.0. The average Bonchev–Trinajstić information content (AvgIpc) is 3.22. The summed E-state index contributed by atoms with van der Waals surface area (Å²) >= 11 is 0. The van der Waals surface area contributed by atoms with E-state index in [1.165, 1.54) is 0 Å². The summed E-state index contributed by atoms with van der Waals surface area (Å²) in [5.74, 6) is -0.553. The van der Waals surface area contributed by atoms with Crippen molar-refractivity contribution in [2.24, 2.45) is 0 Å². The van der Waals surface area contributed by atoms with E-state index >= 15 is 0 Å². The molecule has 0 spiro atoms. The fraction of sp³-hybridized carbons (Fsp3) is 0.346. The molecule has 1 aromatic heterocycles. The molecule has 35 heavy (non-hydrogen) atoms. The monoisotopic (exact) mass is 479 g/mol. The molecule has 3 aromatic rings. The number of rotatable bonds is 12. The molecule has 1 unspecified atom stereocenters. The van der Waals surface area contributed by atoms with Gasteiger partial charge < -0.3 is 31.4 Å². The Kier molecular flexibility index (Phi) is 8.86. The maximum Gasteiger partial charge on any atom is 0.405 e. The quantitative estimate of drug-likeness (QED) is 0.222. The van der Waals surface area contributed by atoms with Gasteiger partial charge in [0.25, 0.3) is 0 Å². The molecule has 9 nitrogen and oxygen atoms in total. The van der Waals surface area contributed by atoms with Crippen molar-refractivity contribution in [1.82, 2.24) is 20.9 Å².